The maximum atomic E-state index is 13.7. The van der Waals surface area contributed by atoms with Gasteiger partial charge in [0.05, 0.1) is 10.0 Å². The molecule has 0 spiro atoms. The smallest absolute Gasteiger partial charge is 0.261 e. The number of nitrogens with one attached hydrogen (secondary N) is 1. The number of hydrogen-bond donors (Lipinski definition) is 1. The van der Waals surface area contributed by atoms with Crippen molar-refractivity contribution in [3.05, 3.63) is 63.9 Å². The van der Waals surface area contributed by atoms with E-state index in [9.17, 15) is 14.0 Å². The molecule has 2 rings (SSSR count). The first-order valence-corrected chi connectivity index (χ1v) is 8.91. The number of hydrogen-bond acceptors (Lipinski definition) is 3. The fourth-order valence-corrected chi connectivity index (χ4v) is 2.73. The summed E-state index contributed by atoms with van der Waals surface area (Å²) in [5.74, 6) is -1.41. The standard InChI is InChI=1S/C19H19Cl2FN2O3/c1-12(19(26)23-2)24(10-13-7-8-14(20)15(21)9-13)18(25)11-27-17-6-4-3-5-16(17)22/h3-9,12H,10-11H2,1-2H3,(H,23,26)/t12-/m0/s1. The highest BCUT2D eigenvalue weighted by Crippen LogP contribution is 2.24. The van der Waals surface area contributed by atoms with Crippen LogP contribution in [-0.2, 0) is 16.1 Å². The summed E-state index contributed by atoms with van der Waals surface area (Å²) in [4.78, 5) is 26.1. The quantitative estimate of drug-likeness (QED) is 0.754. The van der Waals surface area contributed by atoms with Crippen molar-refractivity contribution in [2.24, 2.45) is 0 Å². The van der Waals surface area contributed by atoms with Gasteiger partial charge in [-0.3, -0.25) is 9.59 Å². The first-order valence-electron chi connectivity index (χ1n) is 8.15. The van der Waals surface area contributed by atoms with Crippen LogP contribution in [-0.4, -0.2) is 36.4 Å². The summed E-state index contributed by atoms with van der Waals surface area (Å²) in [6.45, 7) is 1.30. The van der Waals surface area contributed by atoms with E-state index in [-0.39, 0.29) is 18.2 Å². The molecule has 0 saturated carbocycles. The number of halogens is 3. The lowest BCUT2D eigenvalue weighted by Gasteiger charge is -2.28. The largest absolute Gasteiger partial charge is 0.481 e. The number of carbonyl (C=O) groups is 2. The summed E-state index contributed by atoms with van der Waals surface area (Å²) in [5, 5.41) is 3.24. The van der Waals surface area contributed by atoms with Gasteiger partial charge in [0.25, 0.3) is 5.91 Å². The number of likely N-dealkylation sites (N-methyl/N-ethyl adjacent to an activating group) is 1. The SMILES string of the molecule is CNC(=O)[C@H](C)N(Cc1ccc(Cl)c(Cl)c1)C(=O)COc1ccccc1F. The predicted octanol–water partition coefficient (Wildman–Crippen LogP) is 3.67. The first kappa shape index (κ1) is 21.0. The van der Waals surface area contributed by atoms with Gasteiger partial charge in [-0.15, -0.1) is 0 Å². The molecule has 0 aromatic heterocycles. The fraction of sp³-hybridized carbons (Fsp3) is 0.263. The Hall–Kier alpha value is -2.31. The van der Waals surface area contributed by atoms with E-state index in [1.807, 2.05) is 0 Å². The Morgan fingerprint density at radius 3 is 2.52 bits per heavy atom. The number of para-hydroxylation sites is 1. The number of nitrogens with zero attached hydrogens (tertiary/aromatic N) is 1. The molecule has 0 aliphatic heterocycles. The first-order chi connectivity index (χ1) is 12.8. The van der Waals surface area contributed by atoms with Gasteiger partial charge in [0.15, 0.2) is 18.2 Å². The van der Waals surface area contributed by atoms with Crippen molar-refractivity contribution in [1.29, 1.82) is 0 Å². The molecule has 0 unspecified atom stereocenters. The van der Waals surface area contributed by atoms with Gasteiger partial charge in [-0.1, -0.05) is 41.4 Å². The van der Waals surface area contributed by atoms with Gasteiger partial charge in [0.1, 0.15) is 6.04 Å². The van der Waals surface area contributed by atoms with Crippen molar-refractivity contribution in [2.45, 2.75) is 19.5 Å². The molecule has 1 atom stereocenters. The topological polar surface area (TPSA) is 58.6 Å². The molecular weight excluding hydrogens is 394 g/mol. The molecule has 0 fully saturated rings. The molecule has 5 nitrogen and oxygen atoms in total. The van der Waals surface area contributed by atoms with Crippen molar-refractivity contribution in [3.8, 4) is 5.75 Å². The minimum Gasteiger partial charge on any atom is -0.481 e. The lowest BCUT2D eigenvalue weighted by Crippen LogP contribution is -2.48. The van der Waals surface area contributed by atoms with E-state index in [1.165, 1.54) is 30.1 Å². The Labute approximate surface area is 167 Å². The average molecular weight is 413 g/mol. The van der Waals surface area contributed by atoms with Crippen LogP contribution in [0.5, 0.6) is 5.75 Å². The summed E-state index contributed by atoms with van der Waals surface area (Å²) in [6.07, 6.45) is 0. The molecule has 2 amide bonds. The number of benzene rings is 2. The van der Waals surface area contributed by atoms with Crippen LogP contribution in [0.25, 0.3) is 0 Å². The second-order valence-corrected chi connectivity index (χ2v) is 6.59. The van der Waals surface area contributed by atoms with Crippen molar-refractivity contribution < 1.29 is 18.7 Å². The number of carbonyl (C=O) groups excluding carboxylic acids is 2. The van der Waals surface area contributed by atoms with Gasteiger partial charge in [0.2, 0.25) is 5.91 Å². The second kappa shape index (κ2) is 9.58. The van der Waals surface area contributed by atoms with Crippen molar-refractivity contribution in [3.63, 3.8) is 0 Å². The molecule has 1 N–H and O–H groups in total. The Morgan fingerprint density at radius 2 is 1.89 bits per heavy atom. The molecule has 144 valence electrons. The fourth-order valence-electron chi connectivity index (χ4n) is 2.41. The van der Waals surface area contributed by atoms with E-state index in [0.717, 1.165) is 0 Å². The van der Waals surface area contributed by atoms with Gasteiger partial charge in [-0.2, -0.15) is 0 Å². The molecule has 0 aliphatic carbocycles. The van der Waals surface area contributed by atoms with E-state index in [0.29, 0.717) is 15.6 Å². The van der Waals surface area contributed by atoms with Crippen LogP contribution in [0.15, 0.2) is 42.5 Å². The van der Waals surface area contributed by atoms with E-state index < -0.39 is 24.4 Å². The Kier molecular flexibility index (Phi) is 7.45. The van der Waals surface area contributed by atoms with Crippen molar-refractivity contribution in [1.82, 2.24) is 10.2 Å². The Bertz CT molecular complexity index is 832. The van der Waals surface area contributed by atoms with Crippen LogP contribution in [0.1, 0.15) is 12.5 Å². The lowest BCUT2D eigenvalue weighted by molar-refractivity contribution is -0.142. The summed E-state index contributed by atoms with van der Waals surface area (Å²) < 4.78 is 18.9. The van der Waals surface area contributed by atoms with E-state index in [2.05, 4.69) is 5.32 Å². The van der Waals surface area contributed by atoms with E-state index >= 15 is 0 Å². The molecular formula is C19H19Cl2FN2O3. The molecule has 0 heterocycles. The van der Waals surface area contributed by atoms with Gasteiger partial charge in [-0.25, -0.2) is 4.39 Å². The zero-order valence-electron chi connectivity index (χ0n) is 14.8. The predicted molar refractivity (Wildman–Crippen MR) is 102 cm³/mol. The van der Waals surface area contributed by atoms with Gasteiger partial charge < -0.3 is 15.0 Å². The molecule has 2 aromatic carbocycles. The summed E-state index contributed by atoms with van der Waals surface area (Å²) >= 11 is 11.9. The second-order valence-electron chi connectivity index (χ2n) is 5.78. The third-order valence-electron chi connectivity index (χ3n) is 3.94. The third-order valence-corrected chi connectivity index (χ3v) is 4.68. The monoisotopic (exact) mass is 412 g/mol. The van der Waals surface area contributed by atoms with Crippen LogP contribution >= 0.6 is 23.2 Å². The van der Waals surface area contributed by atoms with Crippen molar-refractivity contribution >= 4 is 35.0 Å². The summed E-state index contributed by atoms with van der Waals surface area (Å²) in [7, 11) is 1.48. The zero-order valence-corrected chi connectivity index (χ0v) is 16.4. The van der Waals surface area contributed by atoms with Crippen LogP contribution in [0.4, 0.5) is 4.39 Å². The van der Waals surface area contributed by atoms with Gasteiger partial charge in [0, 0.05) is 13.6 Å². The normalized spacial score (nSPS) is 11.6. The van der Waals surface area contributed by atoms with Crippen LogP contribution in [0.3, 0.4) is 0 Å². The highest BCUT2D eigenvalue weighted by molar-refractivity contribution is 6.42. The molecule has 0 aliphatic rings. The molecule has 0 bridgehead atoms. The highest BCUT2D eigenvalue weighted by atomic mass is 35.5. The lowest BCUT2D eigenvalue weighted by atomic mass is 10.1. The number of ether oxygens (including phenoxy) is 1. The van der Waals surface area contributed by atoms with Crippen LogP contribution in [0.2, 0.25) is 10.0 Å². The van der Waals surface area contributed by atoms with Crippen LogP contribution in [0, 0.1) is 5.82 Å². The maximum absolute atomic E-state index is 13.7. The molecule has 8 heteroatoms. The summed E-state index contributed by atoms with van der Waals surface area (Å²) in [5.41, 5.74) is 0.694. The molecule has 0 saturated heterocycles. The van der Waals surface area contributed by atoms with Gasteiger partial charge >= 0.3 is 0 Å². The Balaban J connectivity index is 2.17. The third kappa shape index (κ3) is 5.58. The van der Waals surface area contributed by atoms with E-state index in [4.69, 9.17) is 27.9 Å². The number of rotatable bonds is 7. The molecule has 27 heavy (non-hydrogen) atoms. The zero-order chi connectivity index (χ0) is 20.0. The molecule has 0 radical (unpaired) electrons. The van der Waals surface area contributed by atoms with E-state index in [1.54, 1.807) is 31.2 Å². The van der Waals surface area contributed by atoms with Crippen molar-refractivity contribution in [2.75, 3.05) is 13.7 Å². The van der Waals surface area contributed by atoms with Crippen LogP contribution < -0.4 is 10.1 Å². The Morgan fingerprint density at radius 1 is 1.19 bits per heavy atom. The average Bonchev–Trinajstić information content (AvgIpc) is 2.66. The summed E-state index contributed by atoms with van der Waals surface area (Å²) in [6, 6.07) is 9.97. The minimum absolute atomic E-state index is 0.0343. The highest BCUT2D eigenvalue weighted by Gasteiger charge is 2.26. The number of amides is 2. The maximum Gasteiger partial charge on any atom is 0.261 e. The molecule has 2 aromatic rings. The van der Waals surface area contributed by atoms with Gasteiger partial charge in [-0.05, 0) is 36.8 Å². The minimum atomic E-state index is -0.763.